The molecule has 1 aliphatic carbocycles. The molecular weight excluding hydrogens is 297 g/mol. The van der Waals surface area contributed by atoms with Crippen molar-refractivity contribution in [1.82, 2.24) is 5.32 Å². The molecule has 2 N–H and O–H groups in total. The molecule has 1 aromatic carbocycles. The Morgan fingerprint density at radius 3 is 2.52 bits per heavy atom. The summed E-state index contributed by atoms with van der Waals surface area (Å²) in [4.78, 5) is 12.7. The van der Waals surface area contributed by atoms with Crippen LogP contribution >= 0.6 is 0 Å². The van der Waals surface area contributed by atoms with Gasteiger partial charge in [0, 0.05) is 25.2 Å². The molecule has 3 rings (SSSR count). The molecule has 1 aromatic rings. The number of benzene rings is 1. The van der Waals surface area contributed by atoms with Gasteiger partial charge in [0.2, 0.25) is 5.91 Å². The maximum absolute atomic E-state index is 13.1. The standard InChI is InChI=1S/C18H24FNO3/c19-15-5-3-14(4-6-15)16(13-1-2-13)17(22)20-11-18(12-21)7-9-23-10-8-18/h3-6,13,16,21H,1-2,7-12H2,(H,20,22). The van der Waals surface area contributed by atoms with Gasteiger partial charge in [-0.15, -0.1) is 0 Å². The molecule has 2 fully saturated rings. The first-order chi connectivity index (χ1) is 11.1. The quantitative estimate of drug-likeness (QED) is 0.845. The Balaban J connectivity index is 1.66. The summed E-state index contributed by atoms with van der Waals surface area (Å²) in [6.07, 6.45) is 3.59. The van der Waals surface area contributed by atoms with E-state index in [0.29, 0.717) is 25.7 Å². The highest BCUT2D eigenvalue weighted by Gasteiger charge is 2.39. The number of nitrogens with one attached hydrogen (secondary N) is 1. The van der Waals surface area contributed by atoms with E-state index in [1.165, 1.54) is 12.1 Å². The highest BCUT2D eigenvalue weighted by Crippen LogP contribution is 2.43. The Bertz CT molecular complexity index is 536. The van der Waals surface area contributed by atoms with Crippen molar-refractivity contribution in [1.29, 1.82) is 0 Å². The summed E-state index contributed by atoms with van der Waals surface area (Å²) in [6, 6.07) is 6.22. The summed E-state index contributed by atoms with van der Waals surface area (Å²) in [7, 11) is 0. The summed E-state index contributed by atoms with van der Waals surface area (Å²) in [6.45, 7) is 1.78. The van der Waals surface area contributed by atoms with Crippen molar-refractivity contribution in [3.8, 4) is 0 Å². The second kappa shape index (κ2) is 6.97. The molecule has 4 nitrogen and oxygen atoms in total. The van der Waals surface area contributed by atoms with Crippen LogP contribution in [-0.4, -0.2) is 37.4 Å². The maximum atomic E-state index is 13.1. The number of carbonyl (C=O) groups is 1. The van der Waals surface area contributed by atoms with Gasteiger partial charge in [-0.2, -0.15) is 0 Å². The minimum absolute atomic E-state index is 0.0153. The normalized spacial score (nSPS) is 21.7. The van der Waals surface area contributed by atoms with Gasteiger partial charge in [0.1, 0.15) is 5.82 Å². The molecule has 23 heavy (non-hydrogen) atoms. The van der Waals surface area contributed by atoms with Gasteiger partial charge in [-0.1, -0.05) is 12.1 Å². The Morgan fingerprint density at radius 1 is 1.30 bits per heavy atom. The van der Waals surface area contributed by atoms with Crippen molar-refractivity contribution >= 4 is 5.91 Å². The van der Waals surface area contributed by atoms with E-state index in [1.807, 2.05) is 0 Å². The van der Waals surface area contributed by atoms with Gasteiger partial charge in [0.05, 0.1) is 12.5 Å². The van der Waals surface area contributed by atoms with E-state index in [0.717, 1.165) is 31.2 Å². The lowest BCUT2D eigenvalue weighted by Gasteiger charge is -2.36. The monoisotopic (exact) mass is 321 g/mol. The summed E-state index contributed by atoms with van der Waals surface area (Å²) >= 11 is 0. The molecule has 126 valence electrons. The zero-order chi connectivity index (χ0) is 16.3. The van der Waals surface area contributed by atoms with Gasteiger partial charge in [0.15, 0.2) is 0 Å². The number of hydrogen-bond acceptors (Lipinski definition) is 3. The van der Waals surface area contributed by atoms with Crippen LogP contribution < -0.4 is 5.32 Å². The SMILES string of the molecule is O=C(NCC1(CO)CCOCC1)C(c1ccc(F)cc1)C1CC1. The predicted octanol–water partition coefficient (Wildman–Crippen LogP) is 2.22. The van der Waals surface area contributed by atoms with Gasteiger partial charge in [-0.25, -0.2) is 4.39 Å². The highest BCUT2D eigenvalue weighted by atomic mass is 19.1. The predicted molar refractivity (Wildman–Crippen MR) is 84.4 cm³/mol. The van der Waals surface area contributed by atoms with Crippen molar-refractivity contribution in [3.05, 3.63) is 35.6 Å². The molecule has 1 atom stereocenters. The van der Waals surface area contributed by atoms with E-state index in [4.69, 9.17) is 4.74 Å². The van der Waals surface area contributed by atoms with Crippen LogP contribution in [0.15, 0.2) is 24.3 Å². The first kappa shape index (κ1) is 16.4. The van der Waals surface area contributed by atoms with E-state index in [1.54, 1.807) is 12.1 Å². The summed E-state index contributed by atoms with van der Waals surface area (Å²) < 4.78 is 18.5. The molecule has 0 radical (unpaired) electrons. The van der Waals surface area contributed by atoms with E-state index in [-0.39, 0.29) is 29.7 Å². The van der Waals surface area contributed by atoms with E-state index in [2.05, 4.69) is 5.32 Å². The first-order valence-electron chi connectivity index (χ1n) is 8.35. The van der Waals surface area contributed by atoms with Crippen LogP contribution in [-0.2, 0) is 9.53 Å². The number of halogens is 1. The number of hydrogen-bond donors (Lipinski definition) is 2. The van der Waals surface area contributed by atoms with Crippen molar-refractivity contribution in [2.45, 2.75) is 31.6 Å². The lowest BCUT2D eigenvalue weighted by atomic mass is 9.80. The van der Waals surface area contributed by atoms with Gasteiger partial charge < -0.3 is 15.2 Å². The van der Waals surface area contributed by atoms with Crippen LogP contribution in [0.2, 0.25) is 0 Å². The summed E-state index contributed by atoms with van der Waals surface area (Å²) in [5.41, 5.74) is 0.599. The lowest BCUT2D eigenvalue weighted by Crippen LogP contribution is -2.45. The molecule has 1 amide bonds. The minimum atomic E-state index is -0.287. The van der Waals surface area contributed by atoms with Crippen molar-refractivity contribution in [3.63, 3.8) is 0 Å². The van der Waals surface area contributed by atoms with Gasteiger partial charge >= 0.3 is 0 Å². The average molecular weight is 321 g/mol. The Morgan fingerprint density at radius 2 is 1.96 bits per heavy atom. The lowest BCUT2D eigenvalue weighted by molar-refractivity contribution is -0.124. The molecule has 0 bridgehead atoms. The van der Waals surface area contributed by atoms with Crippen molar-refractivity contribution in [2.24, 2.45) is 11.3 Å². The molecule has 1 aliphatic heterocycles. The molecule has 1 saturated heterocycles. The zero-order valence-electron chi connectivity index (χ0n) is 13.3. The maximum Gasteiger partial charge on any atom is 0.227 e. The molecule has 5 heteroatoms. The fourth-order valence-electron chi connectivity index (χ4n) is 3.32. The van der Waals surface area contributed by atoms with Crippen molar-refractivity contribution in [2.75, 3.05) is 26.4 Å². The second-order valence-electron chi connectivity index (χ2n) is 6.85. The number of rotatable bonds is 6. The molecular formula is C18H24FNO3. The van der Waals surface area contributed by atoms with Crippen LogP contribution in [0.1, 0.15) is 37.2 Å². The molecule has 1 heterocycles. The van der Waals surface area contributed by atoms with E-state index in [9.17, 15) is 14.3 Å². The van der Waals surface area contributed by atoms with Crippen LogP contribution in [0.5, 0.6) is 0 Å². The zero-order valence-corrected chi connectivity index (χ0v) is 13.3. The van der Waals surface area contributed by atoms with Crippen LogP contribution in [0, 0.1) is 17.2 Å². The first-order valence-corrected chi connectivity index (χ1v) is 8.35. The average Bonchev–Trinajstić information content (AvgIpc) is 3.41. The number of amides is 1. The van der Waals surface area contributed by atoms with E-state index < -0.39 is 0 Å². The smallest absolute Gasteiger partial charge is 0.227 e. The number of aliphatic hydroxyl groups excluding tert-OH is 1. The number of carbonyl (C=O) groups excluding carboxylic acids is 1. The minimum Gasteiger partial charge on any atom is -0.396 e. The Labute approximate surface area is 136 Å². The Kier molecular flexibility index (Phi) is 4.97. The molecule has 0 spiro atoms. The number of aliphatic hydroxyl groups is 1. The summed E-state index contributed by atoms with van der Waals surface area (Å²) in [5.74, 6) is -0.171. The third kappa shape index (κ3) is 3.90. The molecule has 0 aromatic heterocycles. The third-order valence-corrected chi connectivity index (χ3v) is 5.13. The second-order valence-corrected chi connectivity index (χ2v) is 6.85. The molecule has 1 unspecified atom stereocenters. The van der Waals surface area contributed by atoms with Crippen LogP contribution in [0.25, 0.3) is 0 Å². The third-order valence-electron chi connectivity index (χ3n) is 5.13. The largest absolute Gasteiger partial charge is 0.396 e. The van der Waals surface area contributed by atoms with Gasteiger partial charge in [0.25, 0.3) is 0 Å². The molecule has 2 aliphatic rings. The highest BCUT2D eigenvalue weighted by molar-refractivity contribution is 5.84. The fraction of sp³-hybridized carbons (Fsp3) is 0.611. The molecule has 1 saturated carbocycles. The van der Waals surface area contributed by atoms with Crippen LogP contribution in [0.4, 0.5) is 4.39 Å². The van der Waals surface area contributed by atoms with Gasteiger partial charge in [-0.05, 0) is 49.3 Å². The van der Waals surface area contributed by atoms with Crippen LogP contribution in [0.3, 0.4) is 0 Å². The fourth-order valence-corrected chi connectivity index (χ4v) is 3.32. The Hall–Kier alpha value is -1.46. The topological polar surface area (TPSA) is 58.6 Å². The summed E-state index contributed by atoms with van der Waals surface area (Å²) in [5, 5.41) is 12.7. The van der Waals surface area contributed by atoms with Crippen molar-refractivity contribution < 1.29 is 19.0 Å². The van der Waals surface area contributed by atoms with E-state index >= 15 is 0 Å². The van der Waals surface area contributed by atoms with Gasteiger partial charge in [-0.3, -0.25) is 4.79 Å². The number of ether oxygens (including phenoxy) is 1.